The van der Waals surface area contributed by atoms with Gasteiger partial charge in [0.15, 0.2) is 0 Å². The first-order valence-corrected chi connectivity index (χ1v) is 6.12. The van der Waals surface area contributed by atoms with Crippen LogP contribution in [0.5, 0.6) is 0 Å². The van der Waals surface area contributed by atoms with E-state index >= 15 is 0 Å². The van der Waals surface area contributed by atoms with Crippen molar-refractivity contribution in [1.29, 1.82) is 0 Å². The average molecular weight is 458 g/mol. The molecule has 4 heteroatoms. The maximum Gasteiger partial charge on any atom is 0.132 e. The fraction of sp³-hybridized carbons (Fsp3) is 0. The van der Waals surface area contributed by atoms with Crippen LogP contribution in [0, 0.1) is 17.7 Å². The van der Waals surface area contributed by atoms with E-state index in [1.807, 2.05) is 18.2 Å². The number of hydrogen-bond donors (Lipinski definition) is 0. The monoisotopic (exact) mass is 459 g/mol. The molecule has 0 unspecified atom stereocenters. The van der Waals surface area contributed by atoms with Gasteiger partial charge < -0.3 is 4.98 Å². The normalized spacial score (nSPS) is 10.0. The molecule has 0 bridgehead atoms. The molecule has 0 aliphatic rings. The molecular formula is C17H10F2IrN-. The van der Waals surface area contributed by atoms with E-state index in [0.29, 0.717) is 11.1 Å². The molecule has 2 aromatic carbocycles. The van der Waals surface area contributed by atoms with Crippen molar-refractivity contribution in [1.82, 2.24) is 4.98 Å². The van der Waals surface area contributed by atoms with Crippen LogP contribution in [0.1, 0.15) is 0 Å². The fourth-order valence-corrected chi connectivity index (χ4v) is 2.03. The largest absolute Gasteiger partial charge is 0.305 e. The van der Waals surface area contributed by atoms with Gasteiger partial charge in [-0.1, -0.05) is 23.8 Å². The predicted octanol–water partition coefficient (Wildman–Crippen LogP) is 4.49. The number of rotatable bonds is 2. The molecule has 3 aromatic rings. The smallest absolute Gasteiger partial charge is 0.132 e. The number of aromatic nitrogens is 1. The maximum atomic E-state index is 13.8. The van der Waals surface area contributed by atoms with E-state index in [9.17, 15) is 8.78 Å². The van der Waals surface area contributed by atoms with Crippen LogP contribution in [-0.2, 0) is 20.1 Å². The van der Waals surface area contributed by atoms with Gasteiger partial charge in [0.05, 0.1) is 0 Å². The van der Waals surface area contributed by atoms with Crippen molar-refractivity contribution in [3.63, 3.8) is 0 Å². The van der Waals surface area contributed by atoms with Gasteiger partial charge in [0.1, 0.15) is 11.6 Å². The van der Waals surface area contributed by atoms with Crippen LogP contribution in [0.3, 0.4) is 0 Å². The van der Waals surface area contributed by atoms with Crippen molar-refractivity contribution >= 4 is 0 Å². The van der Waals surface area contributed by atoms with E-state index in [-0.39, 0.29) is 20.1 Å². The Morgan fingerprint density at radius 1 is 0.952 bits per heavy atom. The maximum absolute atomic E-state index is 13.8. The standard InChI is InChI=1S/C17H10F2N.Ir/c18-14-7-8-15(16(19)11-14)12-4-3-5-13(10-12)17-6-1-2-9-20-17;/h1-4,6-11H;/q-1;. The van der Waals surface area contributed by atoms with Crippen LogP contribution in [-0.4, -0.2) is 4.98 Å². The predicted molar refractivity (Wildman–Crippen MR) is 73.9 cm³/mol. The Bertz CT molecular complexity index is 745. The molecule has 0 spiro atoms. The SMILES string of the molecule is Fc1ccc(-c2cc[c-]c(-c3ccccn3)c2)c(F)c1.[Ir]. The summed E-state index contributed by atoms with van der Waals surface area (Å²) in [5.41, 5.74) is 2.56. The molecule has 1 heterocycles. The molecule has 0 saturated carbocycles. The second kappa shape index (κ2) is 6.70. The Labute approximate surface area is 135 Å². The van der Waals surface area contributed by atoms with E-state index in [2.05, 4.69) is 11.1 Å². The summed E-state index contributed by atoms with van der Waals surface area (Å²) in [4.78, 5) is 4.24. The molecule has 3 rings (SSSR count). The topological polar surface area (TPSA) is 12.9 Å². The van der Waals surface area contributed by atoms with Crippen molar-refractivity contribution < 1.29 is 28.9 Å². The Kier molecular flexibility index (Phi) is 4.94. The molecule has 0 aliphatic heterocycles. The zero-order valence-corrected chi connectivity index (χ0v) is 13.2. The number of halogens is 2. The summed E-state index contributed by atoms with van der Waals surface area (Å²) in [6, 6.07) is 17.4. The second-order valence-electron chi connectivity index (χ2n) is 4.33. The summed E-state index contributed by atoms with van der Waals surface area (Å²) in [7, 11) is 0. The first-order chi connectivity index (χ1) is 9.74. The van der Waals surface area contributed by atoms with Gasteiger partial charge in [-0.25, -0.2) is 8.78 Å². The first-order valence-electron chi connectivity index (χ1n) is 6.12. The summed E-state index contributed by atoms with van der Waals surface area (Å²) in [6.45, 7) is 0. The molecule has 1 radical (unpaired) electrons. The third-order valence-electron chi connectivity index (χ3n) is 2.98. The van der Waals surface area contributed by atoms with Crippen LogP contribution in [0.15, 0.2) is 60.8 Å². The molecule has 0 atom stereocenters. The minimum absolute atomic E-state index is 0. The van der Waals surface area contributed by atoms with Gasteiger partial charge in [-0.2, -0.15) is 0 Å². The van der Waals surface area contributed by atoms with Gasteiger partial charge in [0.25, 0.3) is 0 Å². The van der Waals surface area contributed by atoms with Gasteiger partial charge in [-0.3, -0.25) is 0 Å². The Balaban J connectivity index is 0.00000161. The molecule has 0 aliphatic carbocycles. The van der Waals surface area contributed by atoms with Crippen molar-refractivity contribution in [2.45, 2.75) is 0 Å². The summed E-state index contributed by atoms with van der Waals surface area (Å²) in [5, 5.41) is 0. The molecule has 0 amide bonds. The van der Waals surface area contributed by atoms with Crippen LogP contribution >= 0.6 is 0 Å². The number of benzene rings is 2. The third-order valence-corrected chi connectivity index (χ3v) is 2.98. The third kappa shape index (κ3) is 3.41. The van der Waals surface area contributed by atoms with E-state index in [4.69, 9.17) is 0 Å². The minimum atomic E-state index is -0.585. The van der Waals surface area contributed by atoms with Crippen molar-refractivity contribution in [3.05, 3.63) is 78.5 Å². The van der Waals surface area contributed by atoms with Gasteiger partial charge in [0, 0.05) is 32.4 Å². The quantitative estimate of drug-likeness (QED) is 0.516. The number of hydrogen-bond acceptors (Lipinski definition) is 1. The van der Waals surface area contributed by atoms with E-state index in [1.165, 1.54) is 12.1 Å². The summed E-state index contributed by atoms with van der Waals surface area (Å²) >= 11 is 0. The molecule has 107 valence electrons. The first kappa shape index (κ1) is 15.5. The zero-order chi connectivity index (χ0) is 13.9. The Hall–Kier alpha value is -1.90. The van der Waals surface area contributed by atoms with Crippen LogP contribution in [0.25, 0.3) is 22.4 Å². The Morgan fingerprint density at radius 3 is 2.52 bits per heavy atom. The second-order valence-corrected chi connectivity index (χ2v) is 4.33. The Morgan fingerprint density at radius 2 is 1.81 bits per heavy atom. The van der Waals surface area contributed by atoms with Gasteiger partial charge in [0.2, 0.25) is 0 Å². The van der Waals surface area contributed by atoms with Crippen molar-refractivity contribution in [2.75, 3.05) is 0 Å². The van der Waals surface area contributed by atoms with Gasteiger partial charge >= 0.3 is 0 Å². The van der Waals surface area contributed by atoms with E-state index in [0.717, 1.165) is 17.3 Å². The zero-order valence-electron chi connectivity index (χ0n) is 10.8. The molecular weight excluding hydrogens is 448 g/mol. The summed E-state index contributed by atoms with van der Waals surface area (Å²) in [5.74, 6) is -1.16. The summed E-state index contributed by atoms with van der Waals surface area (Å²) < 4.78 is 26.8. The van der Waals surface area contributed by atoms with Crippen LogP contribution in [0.2, 0.25) is 0 Å². The van der Waals surface area contributed by atoms with Crippen molar-refractivity contribution in [3.8, 4) is 22.4 Å². The molecule has 1 nitrogen and oxygen atoms in total. The molecule has 0 fully saturated rings. The molecule has 1 aromatic heterocycles. The average Bonchev–Trinajstić information content (AvgIpc) is 2.48. The molecule has 21 heavy (non-hydrogen) atoms. The summed E-state index contributed by atoms with van der Waals surface area (Å²) in [6.07, 6.45) is 1.69. The molecule has 0 saturated heterocycles. The van der Waals surface area contributed by atoms with Gasteiger partial charge in [-0.15, -0.1) is 29.8 Å². The van der Waals surface area contributed by atoms with Gasteiger partial charge in [-0.05, 0) is 23.4 Å². The number of nitrogens with zero attached hydrogens (tertiary/aromatic N) is 1. The number of pyridine rings is 1. The minimum Gasteiger partial charge on any atom is -0.305 e. The van der Waals surface area contributed by atoms with Crippen LogP contribution in [0.4, 0.5) is 8.78 Å². The van der Waals surface area contributed by atoms with E-state index < -0.39 is 11.6 Å². The van der Waals surface area contributed by atoms with Crippen LogP contribution < -0.4 is 0 Å². The van der Waals surface area contributed by atoms with Crippen molar-refractivity contribution in [2.24, 2.45) is 0 Å². The fourth-order valence-electron chi connectivity index (χ4n) is 2.03. The van der Waals surface area contributed by atoms with E-state index in [1.54, 1.807) is 24.4 Å². The molecule has 0 N–H and O–H groups in total.